The summed E-state index contributed by atoms with van der Waals surface area (Å²) in [6.45, 7) is 9.67. The van der Waals surface area contributed by atoms with Crippen LogP contribution in [0.15, 0.2) is 24.3 Å². The zero-order valence-electron chi connectivity index (χ0n) is 7.47. The maximum atomic E-state index is 10.9. The number of rotatable bonds is 2. The van der Waals surface area contributed by atoms with E-state index in [0.29, 0.717) is 23.5 Å². The molecule has 0 spiro atoms. The second-order valence-corrected chi connectivity index (χ2v) is 4.11. The van der Waals surface area contributed by atoms with Crippen LogP contribution < -0.4 is 0 Å². The monoisotopic (exact) mass is 162 g/mol. The lowest BCUT2D eigenvalue weighted by molar-refractivity contribution is -0.117. The molecule has 1 nitrogen and oxygen atoms in total. The number of carbonyl (C=O) groups excluding carboxylic acids is 1. The largest absolute Gasteiger partial charge is 0.300 e. The first kappa shape index (κ1) is 7.78. The molecule has 2 saturated carbocycles. The molecule has 2 rings (SSSR count). The third kappa shape index (κ3) is 0.961. The summed E-state index contributed by atoms with van der Waals surface area (Å²) in [7, 11) is 0. The molecule has 2 fully saturated rings. The number of carbonyl (C=O) groups is 1. The van der Waals surface area contributed by atoms with E-state index in [-0.39, 0.29) is 0 Å². The van der Waals surface area contributed by atoms with Gasteiger partial charge in [-0.25, -0.2) is 0 Å². The van der Waals surface area contributed by atoms with E-state index in [9.17, 15) is 4.79 Å². The normalized spacial score (nSPS) is 38.2. The molecule has 1 unspecified atom stereocenters. The SMILES string of the molecule is C=C1CC(CC(C)=O)[C@@H]2C(=C)[C@H]12. The molecule has 0 heterocycles. The van der Waals surface area contributed by atoms with Crippen LogP contribution in [-0.4, -0.2) is 5.78 Å². The van der Waals surface area contributed by atoms with Crippen molar-refractivity contribution in [3.63, 3.8) is 0 Å². The van der Waals surface area contributed by atoms with Crippen LogP contribution in [0.5, 0.6) is 0 Å². The van der Waals surface area contributed by atoms with Crippen molar-refractivity contribution in [2.75, 3.05) is 0 Å². The van der Waals surface area contributed by atoms with Crippen molar-refractivity contribution < 1.29 is 4.79 Å². The minimum Gasteiger partial charge on any atom is -0.300 e. The number of Topliss-reactive ketones (excluding diaryl/α,β-unsaturated/α-hetero) is 1. The highest BCUT2D eigenvalue weighted by molar-refractivity contribution is 5.76. The van der Waals surface area contributed by atoms with Gasteiger partial charge in [-0.15, -0.1) is 0 Å². The average molecular weight is 162 g/mol. The van der Waals surface area contributed by atoms with Crippen LogP contribution in [0.4, 0.5) is 0 Å². The summed E-state index contributed by atoms with van der Waals surface area (Å²) >= 11 is 0. The Labute approximate surface area is 73.2 Å². The Morgan fingerprint density at radius 1 is 1.58 bits per heavy atom. The molecule has 0 amide bonds. The summed E-state index contributed by atoms with van der Waals surface area (Å²) in [4.78, 5) is 10.9. The number of hydrogen-bond acceptors (Lipinski definition) is 1. The fourth-order valence-electron chi connectivity index (χ4n) is 2.59. The van der Waals surface area contributed by atoms with E-state index in [0.717, 1.165) is 12.8 Å². The van der Waals surface area contributed by atoms with Gasteiger partial charge in [-0.1, -0.05) is 24.3 Å². The molecule has 2 aliphatic rings. The summed E-state index contributed by atoms with van der Waals surface area (Å²) < 4.78 is 0. The van der Waals surface area contributed by atoms with Crippen LogP contribution in [0, 0.1) is 17.8 Å². The first-order valence-corrected chi connectivity index (χ1v) is 4.47. The highest BCUT2D eigenvalue weighted by Gasteiger charge is 2.54. The summed E-state index contributed by atoms with van der Waals surface area (Å²) in [5, 5.41) is 0. The molecule has 3 atom stereocenters. The molecule has 0 aromatic rings. The summed E-state index contributed by atoms with van der Waals surface area (Å²) in [6.07, 6.45) is 1.77. The topological polar surface area (TPSA) is 17.1 Å². The Morgan fingerprint density at radius 3 is 2.67 bits per heavy atom. The van der Waals surface area contributed by atoms with Crippen molar-refractivity contribution in [1.82, 2.24) is 0 Å². The van der Waals surface area contributed by atoms with Crippen molar-refractivity contribution in [1.29, 1.82) is 0 Å². The highest BCUT2D eigenvalue weighted by atomic mass is 16.1. The molecular formula is C11H14O. The third-order valence-corrected chi connectivity index (χ3v) is 3.10. The quantitative estimate of drug-likeness (QED) is 0.569. The van der Waals surface area contributed by atoms with E-state index in [4.69, 9.17) is 0 Å². The Morgan fingerprint density at radius 2 is 2.25 bits per heavy atom. The number of fused-ring (bicyclic) bond motifs is 1. The number of hydrogen-bond donors (Lipinski definition) is 0. The van der Waals surface area contributed by atoms with Crippen molar-refractivity contribution in [2.45, 2.75) is 19.8 Å². The molecule has 0 bridgehead atoms. The van der Waals surface area contributed by atoms with Crippen molar-refractivity contribution in [3.8, 4) is 0 Å². The summed E-state index contributed by atoms with van der Waals surface area (Å²) in [6, 6.07) is 0. The number of allylic oxidation sites excluding steroid dienone is 2. The van der Waals surface area contributed by atoms with Gasteiger partial charge < -0.3 is 4.79 Å². The van der Waals surface area contributed by atoms with Gasteiger partial charge in [0.15, 0.2) is 0 Å². The fraction of sp³-hybridized carbons (Fsp3) is 0.545. The van der Waals surface area contributed by atoms with Crippen LogP contribution >= 0.6 is 0 Å². The van der Waals surface area contributed by atoms with Crippen molar-refractivity contribution in [2.24, 2.45) is 17.8 Å². The average Bonchev–Trinajstić information content (AvgIpc) is 2.47. The van der Waals surface area contributed by atoms with Gasteiger partial charge in [-0.05, 0) is 25.2 Å². The maximum Gasteiger partial charge on any atom is 0.130 e. The van der Waals surface area contributed by atoms with Gasteiger partial charge in [0.1, 0.15) is 5.78 Å². The van der Waals surface area contributed by atoms with Gasteiger partial charge in [0.25, 0.3) is 0 Å². The van der Waals surface area contributed by atoms with Crippen LogP contribution in [0.25, 0.3) is 0 Å². The smallest absolute Gasteiger partial charge is 0.130 e. The van der Waals surface area contributed by atoms with Gasteiger partial charge in [0.05, 0.1) is 0 Å². The highest BCUT2D eigenvalue weighted by Crippen LogP contribution is 2.62. The van der Waals surface area contributed by atoms with E-state index < -0.39 is 0 Å². The molecule has 0 radical (unpaired) electrons. The Balaban J connectivity index is 2.06. The molecule has 0 N–H and O–H groups in total. The Bertz CT molecular complexity index is 275. The zero-order valence-corrected chi connectivity index (χ0v) is 7.47. The lowest BCUT2D eigenvalue weighted by atomic mass is 9.95. The predicted octanol–water partition coefficient (Wildman–Crippen LogP) is 2.34. The predicted molar refractivity (Wildman–Crippen MR) is 48.7 cm³/mol. The van der Waals surface area contributed by atoms with Gasteiger partial charge in [-0.3, -0.25) is 0 Å². The Hall–Kier alpha value is -0.850. The molecular weight excluding hydrogens is 148 g/mol. The zero-order chi connectivity index (χ0) is 8.88. The van der Waals surface area contributed by atoms with E-state index in [1.807, 2.05) is 0 Å². The first-order valence-electron chi connectivity index (χ1n) is 4.47. The third-order valence-electron chi connectivity index (χ3n) is 3.10. The summed E-state index contributed by atoms with van der Waals surface area (Å²) in [5.74, 6) is 2.02. The fourth-order valence-corrected chi connectivity index (χ4v) is 2.59. The lowest BCUT2D eigenvalue weighted by Gasteiger charge is -2.08. The van der Waals surface area contributed by atoms with Gasteiger partial charge in [0.2, 0.25) is 0 Å². The van der Waals surface area contributed by atoms with Crippen LogP contribution in [0.3, 0.4) is 0 Å². The minimum absolute atomic E-state index is 0.299. The van der Waals surface area contributed by atoms with Crippen LogP contribution in [-0.2, 0) is 4.79 Å². The van der Waals surface area contributed by atoms with Crippen molar-refractivity contribution >= 4 is 5.78 Å². The molecule has 12 heavy (non-hydrogen) atoms. The number of ketones is 1. The maximum absolute atomic E-state index is 10.9. The van der Waals surface area contributed by atoms with E-state index in [1.54, 1.807) is 6.92 Å². The Kier molecular flexibility index (Phi) is 1.50. The van der Waals surface area contributed by atoms with Crippen LogP contribution in [0.1, 0.15) is 19.8 Å². The van der Waals surface area contributed by atoms with Crippen LogP contribution in [0.2, 0.25) is 0 Å². The van der Waals surface area contributed by atoms with Crippen molar-refractivity contribution in [3.05, 3.63) is 24.3 Å². The molecule has 0 aliphatic heterocycles. The molecule has 0 aromatic carbocycles. The molecule has 2 aliphatic carbocycles. The molecule has 0 saturated heterocycles. The minimum atomic E-state index is 0.299. The standard InChI is InChI=1S/C11H14O/c1-6-4-9(5-7(2)12)11-8(3)10(6)11/h9-11H,1,3-5H2,2H3/t9?,10-,11-/m0/s1. The van der Waals surface area contributed by atoms with Gasteiger partial charge >= 0.3 is 0 Å². The van der Waals surface area contributed by atoms with E-state index in [2.05, 4.69) is 13.2 Å². The lowest BCUT2D eigenvalue weighted by Crippen LogP contribution is -2.05. The molecule has 0 aromatic heterocycles. The molecule has 64 valence electrons. The molecule has 1 heteroatoms. The first-order chi connectivity index (χ1) is 5.61. The van der Waals surface area contributed by atoms with E-state index in [1.165, 1.54) is 11.1 Å². The van der Waals surface area contributed by atoms with Gasteiger partial charge in [0, 0.05) is 12.3 Å². The second kappa shape index (κ2) is 2.32. The van der Waals surface area contributed by atoms with E-state index >= 15 is 0 Å². The second-order valence-electron chi connectivity index (χ2n) is 4.11. The van der Waals surface area contributed by atoms with Gasteiger partial charge in [-0.2, -0.15) is 0 Å². The summed E-state index contributed by atoms with van der Waals surface area (Å²) in [5.41, 5.74) is 2.62.